The Labute approximate surface area is 170 Å². The second kappa shape index (κ2) is 6.20. The van der Waals surface area contributed by atoms with Crippen LogP contribution in [0.15, 0.2) is 48.5 Å². The van der Waals surface area contributed by atoms with Gasteiger partial charge < -0.3 is 10.3 Å². The molecule has 1 aliphatic carbocycles. The largest absolute Gasteiger partial charge is 0.357 e. The van der Waals surface area contributed by atoms with Crippen molar-refractivity contribution in [2.75, 3.05) is 6.54 Å². The van der Waals surface area contributed by atoms with E-state index in [0.29, 0.717) is 18.6 Å². The van der Waals surface area contributed by atoms with Crippen molar-refractivity contribution in [3.8, 4) is 0 Å². The molecule has 0 unspecified atom stereocenters. The average molecular weight is 393 g/mol. The van der Waals surface area contributed by atoms with Crippen LogP contribution in [-0.4, -0.2) is 17.3 Å². The van der Waals surface area contributed by atoms with Crippen molar-refractivity contribution in [3.63, 3.8) is 0 Å². The Balaban J connectivity index is 1.75. The van der Waals surface area contributed by atoms with Crippen LogP contribution in [0.4, 0.5) is 0 Å². The Morgan fingerprint density at radius 3 is 2.57 bits per heavy atom. The predicted octanol–water partition coefficient (Wildman–Crippen LogP) is 5.53. The number of halogens is 1. The number of H-pyrrole nitrogens is 1. The summed E-state index contributed by atoms with van der Waals surface area (Å²) in [5.41, 5.74) is 4.39. The first-order valence-electron chi connectivity index (χ1n) is 10.0. The molecule has 144 valence electrons. The van der Waals surface area contributed by atoms with E-state index < -0.39 is 0 Å². The lowest BCUT2D eigenvalue weighted by atomic mass is 9.63. The lowest BCUT2D eigenvalue weighted by Gasteiger charge is -2.48. The summed E-state index contributed by atoms with van der Waals surface area (Å²) in [6.07, 6.45) is 2.15. The highest BCUT2D eigenvalue weighted by Crippen LogP contribution is 2.51. The molecule has 28 heavy (non-hydrogen) atoms. The van der Waals surface area contributed by atoms with Gasteiger partial charge in [0.2, 0.25) is 0 Å². The molecule has 2 heterocycles. The van der Waals surface area contributed by atoms with Gasteiger partial charge in [0.05, 0.1) is 5.54 Å². The quantitative estimate of drug-likeness (QED) is 0.571. The molecule has 1 saturated carbocycles. The normalized spacial score (nSPS) is 26.5. The smallest absolute Gasteiger partial charge is 0.135 e. The third-order valence-corrected chi connectivity index (χ3v) is 6.80. The summed E-state index contributed by atoms with van der Waals surface area (Å²) >= 11 is 6.60. The summed E-state index contributed by atoms with van der Waals surface area (Å²) in [4.78, 5) is 16.4. The molecule has 0 bridgehead atoms. The standard InChI is InChI=1S/C24H25ClN2O/c1-23(2)11-15(28)12-24(14-23)22-21(17-8-4-6-10-20(17)27-22)18(13-26-24)16-7-3-5-9-19(16)25/h3-10,18,26-27H,11-14H2,1-2H3/t18-,24+/m1/s1. The Morgan fingerprint density at radius 2 is 1.79 bits per heavy atom. The van der Waals surface area contributed by atoms with E-state index in [1.165, 1.54) is 16.6 Å². The van der Waals surface area contributed by atoms with Crippen LogP contribution in [0.3, 0.4) is 0 Å². The van der Waals surface area contributed by atoms with Gasteiger partial charge in [-0.1, -0.05) is 61.8 Å². The summed E-state index contributed by atoms with van der Waals surface area (Å²) in [6, 6.07) is 16.6. The minimum atomic E-state index is -0.328. The monoisotopic (exact) mass is 392 g/mol. The van der Waals surface area contributed by atoms with Crippen LogP contribution in [0.5, 0.6) is 0 Å². The van der Waals surface area contributed by atoms with Gasteiger partial charge in [-0.2, -0.15) is 0 Å². The molecule has 2 N–H and O–H groups in total. The average Bonchev–Trinajstić information content (AvgIpc) is 3.02. The van der Waals surface area contributed by atoms with Gasteiger partial charge in [-0.15, -0.1) is 0 Å². The second-order valence-electron chi connectivity index (χ2n) is 9.23. The molecule has 2 atom stereocenters. The van der Waals surface area contributed by atoms with Crippen molar-refractivity contribution in [1.29, 1.82) is 0 Å². The highest BCUT2D eigenvalue weighted by molar-refractivity contribution is 6.31. The topological polar surface area (TPSA) is 44.9 Å². The van der Waals surface area contributed by atoms with E-state index in [9.17, 15) is 4.79 Å². The van der Waals surface area contributed by atoms with Crippen molar-refractivity contribution in [3.05, 3.63) is 70.4 Å². The first-order chi connectivity index (χ1) is 13.4. The van der Waals surface area contributed by atoms with Crippen LogP contribution in [-0.2, 0) is 10.3 Å². The third kappa shape index (κ3) is 2.72. The van der Waals surface area contributed by atoms with E-state index in [-0.39, 0.29) is 16.9 Å². The maximum absolute atomic E-state index is 12.7. The van der Waals surface area contributed by atoms with E-state index >= 15 is 0 Å². The molecule has 3 aromatic rings. The highest BCUT2D eigenvalue weighted by Gasteiger charge is 2.50. The number of carbonyl (C=O) groups is 1. The highest BCUT2D eigenvalue weighted by atomic mass is 35.5. The van der Waals surface area contributed by atoms with Gasteiger partial charge >= 0.3 is 0 Å². The number of para-hydroxylation sites is 1. The van der Waals surface area contributed by atoms with Crippen LogP contribution in [0, 0.1) is 5.41 Å². The number of ketones is 1. The zero-order valence-electron chi connectivity index (χ0n) is 16.3. The molecular weight excluding hydrogens is 368 g/mol. The number of fused-ring (bicyclic) bond motifs is 4. The van der Waals surface area contributed by atoms with Gasteiger partial charge in [-0.05, 0) is 35.1 Å². The molecular formula is C24H25ClN2O. The van der Waals surface area contributed by atoms with Crippen molar-refractivity contribution in [2.45, 2.75) is 44.6 Å². The maximum atomic E-state index is 12.7. The predicted molar refractivity (Wildman–Crippen MR) is 114 cm³/mol. The van der Waals surface area contributed by atoms with Gasteiger partial charge in [-0.3, -0.25) is 4.79 Å². The maximum Gasteiger partial charge on any atom is 0.135 e. The number of hydrogen-bond acceptors (Lipinski definition) is 2. The van der Waals surface area contributed by atoms with Crippen LogP contribution < -0.4 is 5.32 Å². The van der Waals surface area contributed by atoms with Crippen molar-refractivity contribution in [2.24, 2.45) is 5.41 Å². The summed E-state index contributed by atoms with van der Waals surface area (Å²) < 4.78 is 0. The third-order valence-electron chi connectivity index (χ3n) is 6.45. The van der Waals surface area contributed by atoms with E-state index in [4.69, 9.17) is 11.6 Å². The number of nitrogens with one attached hydrogen (secondary N) is 2. The van der Waals surface area contributed by atoms with Gasteiger partial charge in [0.25, 0.3) is 0 Å². The molecule has 2 aromatic carbocycles. The number of hydrogen-bond donors (Lipinski definition) is 2. The first-order valence-corrected chi connectivity index (χ1v) is 10.4. The Bertz CT molecular complexity index is 1080. The van der Waals surface area contributed by atoms with E-state index in [0.717, 1.165) is 29.1 Å². The van der Waals surface area contributed by atoms with Crippen molar-refractivity contribution in [1.82, 2.24) is 10.3 Å². The fourth-order valence-electron chi connectivity index (χ4n) is 5.59. The van der Waals surface area contributed by atoms with E-state index in [2.05, 4.69) is 54.5 Å². The Kier molecular flexibility index (Phi) is 3.98. The van der Waals surface area contributed by atoms with Crippen LogP contribution >= 0.6 is 11.6 Å². The number of Topliss-reactive ketones (excluding diaryl/α,β-unsaturated/α-hetero) is 1. The number of benzene rings is 2. The Hall–Kier alpha value is -2.10. The summed E-state index contributed by atoms with van der Waals surface area (Å²) in [7, 11) is 0. The van der Waals surface area contributed by atoms with Crippen LogP contribution in [0.25, 0.3) is 10.9 Å². The lowest BCUT2D eigenvalue weighted by molar-refractivity contribution is -0.126. The number of aromatic nitrogens is 1. The molecule has 1 spiro atoms. The van der Waals surface area contributed by atoms with E-state index in [1.807, 2.05) is 18.2 Å². The first kappa shape index (κ1) is 18.0. The second-order valence-corrected chi connectivity index (χ2v) is 9.64. The number of carbonyl (C=O) groups excluding carboxylic acids is 1. The summed E-state index contributed by atoms with van der Waals surface area (Å²) in [5, 5.41) is 5.83. The Morgan fingerprint density at radius 1 is 1.04 bits per heavy atom. The van der Waals surface area contributed by atoms with Crippen LogP contribution in [0.2, 0.25) is 5.02 Å². The summed E-state index contributed by atoms with van der Waals surface area (Å²) in [6.45, 7) is 5.19. The lowest BCUT2D eigenvalue weighted by Crippen LogP contribution is -2.55. The number of aromatic amines is 1. The molecule has 1 fully saturated rings. The summed E-state index contributed by atoms with van der Waals surface area (Å²) in [5.74, 6) is 0.496. The fourth-order valence-corrected chi connectivity index (χ4v) is 5.86. The molecule has 0 amide bonds. The molecule has 2 aliphatic rings. The number of rotatable bonds is 1. The molecule has 1 aromatic heterocycles. The molecule has 0 radical (unpaired) electrons. The molecule has 5 rings (SSSR count). The van der Waals surface area contributed by atoms with Gasteiger partial charge in [-0.25, -0.2) is 0 Å². The molecule has 3 nitrogen and oxygen atoms in total. The molecule has 4 heteroatoms. The SMILES string of the molecule is CC1(C)CC(=O)C[C@@]2(C1)NC[C@H](c1ccccc1Cl)c1c2[nH]c2ccccc12. The van der Waals surface area contributed by atoms with Gasteiger partial charge in [0.1, 0.15) is 5.78 Å². The van der Waals surface area contributed by atoms with Gasteiger partial charge in [0, 0.05) is 46.9 Å². The fraction of sp³-hybridized carbons (Fsp3) is 0.375. The van der Waals surface area contributed by atoms with Gasteiger partial charge in [0.15, 0.2) is 0 Å². The van der Waals surface area contributed by atoms with Crippen molar-refractivity contribution >= 4 is 28.3 Å². The van der Waals surface area contributed by atoms with Crippen molar-refractivity contribution < 1.29 is 4.79 Å². The molecule has 0 saturated heterocycles. The minimum Gasteiger partial charge on any atom is -0.357 e. The zero-order valence-corrected chi connectivity index (χ0v) is 17.1. The molecule has 1 aliphatic heterocycles. The van der Waals surface area contributed by atoms with E-state index in [1.54, 1.807) is 0 Å². The zero-order chi connectivity index (χ0) is 19.5. The van der Waals surface area contributed by atoms with Crippen LogP contribution in [0.1, 0.15) is 55.8 Å². The minimum absolute atomic E-state index is 0.0197.